The van der Waals surface area contributed by atoms with E-state index in [1.807, 2.05) is 0 Å². The first-order chi connectivity index (χ1) is 7.27. The van der Waals surface area contributed by atoms with Gasteiger partial charge in [-0.15, -0.1) is 0 Å². The Morgan fingerprint density at radius 3 is 2.38 bits per heavy atom. The minimum Gasteiger partial charge on any atom is -0.502 e. The largest absolute Gasteiger partial charge is 0.502 e. The van der Waals surface area contributed by atoms with Crippen LogP contribution in [0.1, 0.15) is 11.1 Å². The van der Waals surface area contributed by atoms with Crippen molar-refractivity contribution in [1.29, 1.82) is 0 Å². The average molecular weight is 233 g/mol. The van der Waals surface area contributed by atoms with Crippen molar-refractivity contribution in [2.45, 2.75) is 6.18 Å². The molecule has 0 radical (unpaired) electrons. The summed E-state index contributed by atoms with van der Waals surface area (Å²) in [6.45, 7) is 3.21. The van der Waals surface area contributed by atoms with Gasteiger partial charge in [0.25, 0.3) is 0 Å². The van der Waals surface area contributed by atoms with E-state index < -0.39 is 28.1 Å². The fourth-order valence-electron chi connectivity index (χ4n) is 1.11. The summed E-state index contributed by atoms with van der Waals surface area (Å²) < 4.78 is 37.2. The van der Waals surface area contributed by atoms with Crippen LogP contribution in [0.25, 0.3) is 6.08 Å². The number of halogens is 3. The molecule has 0 unspecified atom stereocenters. The number of nitro benzene ring substituents is 1. The predicted molar refractivity (Wildman–Crippen MR) is 49.9 cm³/mol. The molecule has 0 fully saturated rings. The van der Waals surface area contributed by atoms with E-state index >= 15 is 0 Å². The minimum atomic E-state index is -4.85. The number of phenols is 1. The predicted octanol–water partition coefficient (Wildman–Crippen LogP) is 2.96. The van der Waals surface area contributed by atoms with Crippen molar-refractivity contribution < 1.29 is 23.2 Å². The number of aromatic hydroxyl groups is 1. The highest BCUT2D eigenvalue weighted by Crippen LogP contribution is 2.41. The van der Waals surface area contributed by atoms with E-state index in [1.165, 1.54) is 0 Å². The molecule has 0 spiro atoms. The summed E-state index contributed by atoms with van der Waals surface area (Å²) >= 11 is 0. The molecule has 7 heteroatoms. The second kappa shape index (κ2) is 3.84. The highest BCUT2D eigenvalue weighted by Gasteiger charge is 2.37. The molecule has 86 valence electrons. The summed E-state index contributed by atoms with van der Waals surface area (Å²) in [7, 11) is 0. The Morgan fingerprint density at radius 2 is 2.00 bits per heavy atom. The second-order valence-electron chi connectivity index (χ2n) is 2.90. The number of nitro groups is 1. The Bertz CT molecular complexity index is 454. The van der Waals surface area contributed by atoms with E-state index in [-0.39, 0.29) is 5.56 Å². The molecule has 0 heterocycles. The maximum absolute atomic E-state index is 12.4. The van der Waals surface area contributed by atoms with Crippen LogP contribution in [-0.4, -0.2) is 10.0 Å². The van der Waals surface area contributed by atoms with E-state index in [2.05, 4.69) is 6.58 Å². The second-order valence-corrected chi connectivity index (χ2v) is 2.90. The van der Waals surface area contributed by atoms with Gasteiger partial charge in [0, 0.05) is 6.07 Å². The number of benzene rings is 1. The Balaban J connectivity index is 3.56. The summed E-state index contributed by atoms with van der Waals surface area (Å²) in [5, 5.41) is 19.5. The third kappa shape index (κ3) is 2.13. The summed E-state index contributed by atoms with van der Waals surface area (Å²) in [6.07, 6.45) is -3.82. The van der Waals surface area contributed by atoms with E-state index in [0.29, 0.717) is 6.07 Å². The first kappa shape index (κ1) is 12.0. The van der Waals surface area contributed by atoms with Gasteiger partial charge in [-0.05, 0) is 11.6 Å². The van der Waals surface area contributed by atoms with Gasteiger partial charge in [0.2, 0.25) is 5.75 Å². The highest BCUT2D eigenvalue weighted by atomic mass is 19.4. The molecule has 0 amide bonds. The Kier molecular flexibility index (Phi) is 2.88. The summed E-state index contributed by atoms with van der Waals surface area (Å²) in [6, 6.07) is 1.41. The molecule has 0 atom stereocenters. The fourth-order valence-corrected chi connectivity index (χ4v) is 1.11. The molecule has 4 nitrogen and oxygen atoms in total. The first-order valence-electron chi connectivity index (χ1n) is 3.98. The molecule has 0 bridgehead atoms. The van der Waals surface area contributed by atoms with E-state index in [4.69, 9.17) is 5.11 Å². The van der Waals surface area contributed by atoms with Gasteiger partial charge < -0.3 is 5.11 Å². The number of alkyl halides is 3. The molecule has 0 aliphatic heterocycles. The van der Waals surface area contributed by atoms with Crippen molar-refractivity contribution in [3.8, 4) is 5.75 Å². The van der Waals surface area contributed by atoms with Crippen LogP contribution in [-0.2, 0) is 6.18 Å². The van der Waals surface area contributed by atoms with Gasteiger partial charge in [-0.3, -0.25) is 10.1 Å². The lowest BCUT2D eigenvalue weighted by Gasteiger charge is -2.09. The number of rotatable bonds is 2. The minimum absolute atomic E-state index is 0.0863. The molecule has 1 aromatic rings. The van der Waals surface area contributed by atoms with Crippen LogP contribution in [0.3, 0.4) is 0 Å². The quantitative estimate of drug-likeness (QED) is 0.630. The van der Waals surface area contributed by atoms with Gasteiger partial charge in [0.1, 0.15) is 5.56 Å². The van der Waals surface area contributed by atoms with Crippen molar-refractivity contribution in [2.75, 3.05) is 0 Å². The molecule has 0 saturated heterocycles. The first-order valence-corrected chi connectivity index (χ1v) is 3.98. The molecule has 1 N–H and O–H groups in total. The third-order valence-electron chi connectivity index (χ3n) is 1.85. The molecular formula is C9H6F3NO3. The van der Waals surface area contributed by atoms with Crippen LogP contribution in [0, 0.1) is 10.1 Å². The zero-order valence-electron chi connectivity index (χ0n) is 7.78. The topological polar surface area (TPSA) is 63.4 Å². The van der Waals surface area contributed by atoms with Crippen LogP contribution in [0.4, 0.5) is 18.9 Å². The number of nitrogens with zero attached hydrogens (tertiary/aromatic N) is 1. The molecular weight excluding hydrogens is 227 g/mol. The van der Waals surface area contributed by atoms with Crippen molar-refractivity contribution in [3.05, 3.63) is 40.0 Å². The van der Waals surface area contributed by atoms with Gasteiger partial charge in [-0.25, -0.2) is 0 Å². The van der Waals surface area contributed by atoms with Gasteiger partial charge in [-0.2, -0.15) is 13.2 Å². The van der Waals surface area contributed by atoms with Gasteiger partial charge >= 0.3 is 11.9 Å². The number of hydrogen-bond donors (Lipinski definition) is 1. The van der Waals surface area contributed by atoms with Gasteiger partial charge in [0.15, 0.2) is 0 Å². The van der Waals surface area contributed by atoms with E-state index in [0.717, 1.165) is 12.1 Å². The highest BCUT2D eigenvalue weighted by molar-refractivity contribution is 5.61. The fraction of sp³-hybridized carbons (Fsp3) is 0.111. The van der Waals surface area contributed by atoms with Crippen molar-refractivity contribution >= 4 is 11.8 Å². The van der Waals surface area contributed by atoms with Crippen molar-refractivity contribution in [1.82, 2.24) is 0 Å². The number of hydrogen-bond acceptors (Lipinski definition) is 3. The number of phenolic OH excluding ortho intramolecular Hbond substituents is 1. The normalized spacial score (nSPS) is 11.2. The molecule has 0 aromatic heterocycles. The smallest absolute Gasteiger partial charge is 0.420 e. The van der Waals surface area contributed by atoms with Crippen molar-refractivity contribution in [2.24, 2.45) is 0 Å². The Labute approximate surface area is 87.8 Å². The molecule has 0 saturated carbocycles. The molecule has 0 aliphatic carbocycles. The maximum Gasteiger partial charge on any atom is 0.420 e. The van der Waals surface area contributed by atoms with Crippen LogP contribution in [0.15, 0.2) is 18.7 Å². The van der Waals surface area contributed by atoms with Crippen molar-refractivity contribution in [3.63, 3.8) is 0 Å². The Morgan fingerprint density at radius 1 is 1.44 bits per heavy atom. The van der Waals surface area contributed by atoms with Crippen LogP contribution in [0.2, 0.25) is 0 Å². The zero-order valence-corrected chi connectivity index (χ0v) is 7.78. The summed E-state index contributed by atoms with van der Waals surface area (Å²) in [5.41, 5.74) is -2.53. The standard InChI is InChI=1S/C9H6F3NO3/c1-2-5-3-6(9(10,11)12)8(14)7(4-5)13(15)16/h2-4,14H,1H2. The summed E-state index contributed by atoms with van der Waals surface area (Å²) in [4.78, 5) is 9.33. The Hall–Kier alpha value is -2.05. The maximum atomic E-state index is 12.4. The lowest BCUT2D eigenvalue weighted by Crippen LogP contribution is -2.07. The lowest BCUT2D eigenvalue weighted by atomic mass is 10.1. The zero-order chi connectivity index (χ0) is 12.5. The van der Waals surface area contributed by atoms with Crippen LogP contribution in [0.5, 0.6) is 5.75 Å². The lowest BCUT2D eigenvalue weighted by molar-refractivity contribution is -0.386. The summed E-state index contributed by atoms with van der Waals surface area (Å²) in [5.74, 6) is -1.39. The van der Waals surface area contributed by atoms with Crippen LogP contribution < -0.4 is 0 Å². The SMILES string of the molecule is C=Cc1cc([N+](=O)[O-])c(O)c(C(F)(F)F)c1. The van der Waals surface area contributed by atoms with E-state index in [1.54, 1.807) is 0 Å². The van der Waals surface area contributed by atoms with Gasteiger partial charge in [0.05, 0.1) is 4.92 Å². The molecule has 1 aromatic carbocycles. The third-order valence-corrected chi connectivity index (χ3v) is 1.85. The van der Waals surface area contributed by atoms with E-state index in [9.17, 15) is 23.3 Å². The van der Waals surface area contributed by atoms with Gasteiger partial charge in [-0.1, -0.05) is 12.7 Å². The monoisotopic (exact) mass is 233 g/mol. The average Bonchev–Trinajstić information content (AvgIpc) is 2.15. The molecule has 16 heavy (non-hydrogen) atoms. The molecule has 1 rings (SSSR count). The van der Waals surface area contributed by atoms with Crippen LogP contribution >= 0.6 is 0 Å². The molecule has 0 aliphatic rings.